The Hall–Kier alpha value is -1.71. The minimum atomic E-state index is -0.154. The Kier molecular flexibility index (Phi) is 2.73. The summed E-state index contributed by atoms with van der Waals surface area (Å²) < 4.78 is 11.3. The van der Waals surface area contributed by atoms with Gasteiger partial charge in [-0.15, -0.1) is 0 Å². The number of aliphatic imine (C=N–C) groups is 1. The fraction of sp³-hybridized carbons (Fsp3) is 0.417. The molecule has 0 fully saturated rings. The maximum Gasteiger partial charge on any atom is 0.231 e. The number of hydrogen-bond acceptors (Lipinski definition) is 4. The van der Waals surface area contributed by atoms with E-state index in [-0.39, 0.29) is 12.2 Å². The number of benzene rings is 1. The molecule has 4 nitrogen and oxygen atoms in total. The molecule has 1 heterocycles. The first-order chi connectivity index (χ1) is 7.56. The number of anilines is 1. The first-order valence-electron chi connectivity index (χ1n) is 5.37. The summed E-state index contributed by atoms with van der Waals surface area (Å²) in [5.74, 6) is 1.35. The van der Waals surface area contributed by atoms with Gasteiger partial charge in [0.2, 0.25) is 5.90 Å². The Morgan fingerprint density at radius 1 is 1.44 bits per heavy atom. The molecule has 2 N–H and O–H groups in total. The molecular formula is C12H16N2O2. The van der Waals surface area contributed by atoms with Gasteiger partial charge < -0.3 is 15.2 Å². The smallest absolute Gasteiger partial charge is 0.231 e. The molecule has 0 saturated heterocycles. The zero-order chi connectivity index (χ0) is 11.7. The second-order valence-electron chi connectivity index (χ2n) is 4.10. The molecule has 1 atom stereocenters. The molecule has 0 radical (unpaired) electrons. The minimum Gasteiger partial charge on any atom is -0.479 e. The summed E-state index contributed by atoms with van der Waals surface area (Å²) in [5, 5.41) is 0. The molecule has 16 heavy (non-hydrogen) atoms. The average Bonchev–Trinajstić information content (AvgIpc) is 2.19. The summed E-state index contributed by atoms with van der Waals surface area (Å²) in [6, 6.07) is 5.41. The van der Waals surface area contributed by atoms with Crippen molar-refractivity contribution in [1.82, 2.24) is 0 Å². The summed E-state index contributed by atoms with van der Waals surface area (Å²) in [7, 11) is 0. The van der Waals surface area contributed by atoms with Crippen molar-refractivity contribution >= 4 is 17.3 Å². The SMILES string of the molecule is CC(C)OC1=Nc2cc(N)ccc2OC1C. The van der Waals surface area contributed by atoms with Crippen LogP contribution in [-0.2, 0) is 4.74 Å². The topological polar surface area (TPSA) is 56.8 Å². The van der Waals surface area contributed by atoms with E-state index in [1.54, 1.807) is 12.1 Å². The van der Waals surface area contributed by atoms with Gasteiger partial charge in [-0.25, -0.2) is 4.99 Å². The third-order valence-electron chi connectivity index (χ3n) is 2.22. The van der Waals surface area contributed by atoms with Gasteiger partial charge in [0, 0.05) is 5.69 Å². The van der Waals surface area contributed by atoms with Gasteiger partial charge in [0.15, 0.2) is 6.10 Å². The molecule has 0 spiro atoms. The molecule has 1 aromatic rings. The number of ether oxygens (including phenoxy) is 2. The molecule has 86 valence electrons. The number of fused-ring (bicyclic) bond motifs is 1. The lowest BCUT2D eigenvalue weighted by atomic mass is 10.2. The van der Waals surface area contributed by atoms with Gasteiger partial charge in [-0.3, -0.25) is 0 Å². The lowest BCUT2D eigenvalue weighted by Crippen LogP contribution is -2.30. The highest BCUT2D eigenvalue weighted by Gasteiger charge is 2.22. The van der Waals surface area contributed by atoms with Crippen LogP contribution in [0.4, 0.5) is 11.4 Å². The molecule has 1 aromatic carbocycles. The van der Waals surface area contributed by atoms with E-state index in [0.29, 0.717) is 11.6 Å². The van der Waals surface area contributed by atoms with Gasteiger partial charge in [-0.2, -0.15) is 0 Å². The molecule has 1 aliphatic rings. The van der Waals surface area contributed by atoms with Crippen molar-refractivity contribution in [2.24, 2.45) is 4.99 Å². The van der Waals surface area contributed by atoms with Crippen LogP contribution in [0.1, 0.15) is 20.8 Å². The quantitative estimate of drug-likeness (QED) is 0.740. The van der Waals surface area contributed by atoms with Crippen molar-refractivity contribution in [2.45, 2.75) is 33.0 Å². The molecule has 1 unspecified atom stereocenters. The Balaban J connectivity index is 2.34. The van der Waals surface area contributed by atoms with Crippen LogP contribution in [0.25, 0.3) is 0 Å². The molecule has 0 bridgehead atoms. The van der Waals surface area contributed by atoms with E-state index in [0.717, 1.165) is 11.4 Å². The van der Waals surface area contributed by atoms with Crippen LogP contribution in [0, 0.1) is 0 Å². The lowest BCUT2D eigenvalue weighted by Gasteiger charge is -2.24. The van der Waals surface area contributed by atoms with E-state index >= 15 is 0 Å². The summed E-state index contributed by atoms with van der Waals surface area (Å²) in [4.78, 5) is 4.42. The maximum atomic E-state index is 5.70. The van der Waals surface area contributed by atoms with Crippen LogP contribution in [0.2, 0.25) is 0 Å². The van der Waals surface area contributed by atoms with Gasteiger partial charge in [0.05, 0.1) is 6.10 Å². The van der Waals surface area contributed by atoms with Crippen LogP contribution < -0.4 is 10.5 Å². The average molecular weight is 220 g/mol. The van der Waals surface area contributed by atoms with Crippen LogP contribution in [-0.4, -0.2) is 18.1 Å². The highest BCUT2D eigenvalue weighted by atomic mass is 16.5. The largest absolute Gasteiger partial charge is 0.479 e. The van der Waals surface area contributed by atoms with Crippen LogP contribution in [0.15, 0.2) is 23.2 Å². The number of nitrogens with zero attached hydrogens (tertiary/aromatic N) is 1. The predicted octanol–water partition coefficient (Wildman–Crippen LogP) is 2.50. The van der Waals surface area contributed by atoms with Crippen molar-refractivity contribution < 1.29 is 9.47 Å². The third-order valence-corrected chi connectivity index (χ3v) is 2.22. The van der Waals surface area contributed by atoms with Crippen molar-refractivity contribution in [2.75, 3.05) is 5.73 Å². The van der Waals surface area contributed by atoms with Gasteiger partial charge in [-0.05, 0) is 39.0 Å². The Bertz CT molecular complexity index is 427. The number of hydrogen-bond donors (Lipinski definition) is 1. The second-order valence-corrected chi connectivity index (χ2v) is 4.10. The highest BCUT2D eigenvalue weighted by molar-refractivity contribution is 5.87. The van der Waals surface area contributed by atoms with Gasteiger partial charge >= 0.3 is 0 Å². The third kappa shape index (κ3) is 2.10. The van der Waals surface area contributed by atoms with Gasteiger partial charge in [-0.1, -0.05) is 0 Å². The summed E-state index contributed by atoms with van der Waals surface area (Å²) in [6.07, 6.45) is -0.0640. The van der Waals surface area contributed by atoms with E-state index in [1.807, 2.05) is 26.8 Å². The monoisotopic (exact) mass is 220 g/mol. The van der Waals surface area contributed by atoms with Crippen LogP contribution in [0.5, 0.6) is 5.75 Å². The Labute approximate surface area is 95.1 Å². The predicted molar refractivity (Wildman–Crippen MR) is 64.3 cm³/mol. The van der Waals surface area contributed by atoms with Crippen LogP contribution >= 0.6 is 0 Å². The summed E-state index contributed by atoms with van der Waals surface area (Å²) in [6.45, 7) is 5.84. The Morgan fingerprint density at radius 2 is 2.19 bits per heavy atom. The van der Waals surface area contributed by atoms with E-state index in [4.69, 9.17) is 15.2 Å². The normalized spacial score (nSPS) is 18.8. The zero-order valence-electron chi connectivity index (χ0n) is 9.73. The lowest BCUT2D eigenvalue weighted by molar-refractivity contribution is 0.172. The number of rotatable bonds is 1. The molecule has 0 aliphatic carbocycles. The van der Waals surface area contributed by atoms with Gasteiger partial charge in [0.25, 0.3) is 0 Å². The van der Waals surface area contributed by atoms with E-state index in [1.165, 1.54) is 0 Å². The molecule has 0 saturated carbocycles. The van der Waals surface area contributed by atoms with Crippen molar-refractivity contribution in [3.63, 3.8) is 0 Å². The molecule has 4 heteroatoms. The fourth-order valence-corrected chi connectivity index (χ4v) is 1.54. The van der Waals surface area contributed by atoms with Gasteiger partial charge in [0.1, 0.15) is 11.4 Å². The number of nitrogen functional groups attached to an aromatic ring is 1. The Morgan fingerprint density at radius 3 is 2.88 bits per heavy atom. The van der Waals surface area contributed by atoms with E-state index < -0.39 is 0 Å². The van der Waals surface area contributed by atoms with Crippen LogP contribution in [0.3, 0.4) is 0 Å². The number of nitrogens with two attached hydrogens (primary N) is 1. The molecule has 2 rings (SSSR count). The molecule has 0 amide bonds. The van der Waals surface area contributed by atoms with E-state index in [2.05, 4.69) is 4.99 Å². The highest BCUT2D eigenvalue weighted by Crippen LogP contribution is 2.34. The molecule has 0 aromatic heterocycles. The molecular weight excluding hydrogens is 204 g/mol. The van der Waals surface area contributed by atoms with Crippen molar-refractivity contribution in [3.05, 3.63) is 18.2 Å². The summed E-state index contributed by atoms with van der Waals surface area (Å²) >= 11 is 0. The maximum absolute atomic E-state index is 5.70. The van der Waals surface area contributed by atoms with E-state index in [9.17, 15) is 0 Å². The van der Waals surface area contributed by atoms with Crippen molar-refractivity contribution in [3.8, 4) is 5.75 Å². The zero-order valence-corrected chi connectivity index (χ0v) is 9.73. The fourth-order valence-electron chi connectivity index (χ4n) is 1.54. The van der Waals surface area contributed by atoms with Crippen molar-refractivity contribution in [1.29, 1.82) is 0 Å². The first kappa shape index (κ1) is 10.8. The summed E-state index contributed by atoms with van der Waals surface area (Å²) in [5.41, 5.74) is 7.10. The molecule has 1 aliphatic heterocycles. The first-order valence-corrected chi connectivity index (χ1v) is 5.37. The second kappa shape index (κ2) is 4.04. The minimum absolute atomic E-state index is 0.0902. The standard InChI is InChI=1S/C12H16N2O2/c1-7(2)15-12-8(3)16-11-5-4-9(13)6-10(11)14-12/h4-8H,13H2,1-3H3.